The Bertz CT molecular complexity index is 536. The molecule has 0 amide bonds. The first-order chi connectivity index (χ1) is 9.65. The van der Waals surface area contributed by atoms with Crippen molar-refractivity contribution in [2.75, 3.05) is 13.2 Å². The Morgan fingerprint density at radius 2 is 2.25 bits per heavy atom. The van der Waals surface area contributed by atoms with Crippen LogP contribution >= 0.6 is 0 Å². The molecule has 2 rings (SSSR count). The van der Waals surface area contributed by atoms with Gasteiger partial charge in [-0.1, -0.05) is 24.2 Å². The first-order valence-electron chi connectivity index (χ1n) is 6.71. The Labute approximate surface area is 117 Å². The summed E-state index contributed by atoms with van der Waals surface area (Å²) in [6.45, 7) is 7.73. The van der Waals surface area contributed by atoms with Gasteiger partial charge in [0.05, 0.1) is 12.7 Å². The summed E-state index contributed by atoms with van der Waals surface area (Å²) in [7, 11) is 0. The van der Waals surface area contributed by atoms with E-state index in [1.165, 1.54) is 0 Å². The minimum absolute atomic E-state index is 0.184. The van der Waals surface area contributed by atoms with Crippen LogP contribution < -0.4 is 5.73 Å². The molecule has 0 fully saturated rings. The highest BCUT2D eigenvalue weighted by Gasteiger charge is 2.23. The minimum atomic E-state index is -0.184. The van der Waals surface area contributed by atoms with Gasteiger partial charge < -0.3 is 15.0 Å². The Morgan fingerprint density at radius 1 is 1.45 bits per heavy atom. The summed E-state index contributed by atoms with van der Waals surface area (Å²) < 4.78 is 12.5. The number of rotatable bonds is 7. The van der Waals surface area contributed by atoms with Crippen LogP contribution in [0.2, 0.25) is 0 Å². The molecule has 2 N–H and O–H groups in total. The monoisotopic (exact) mass is 280 g/mol. The number of nitrogens with zero attached hydrogens (tertiary/aromatic N) is 5. The van der Waals surface area contributed by atoms with Gasteiger partial charge >= 0.3 is 0 Å². The van der Waals surface area contributed by atoms with E-state index in [9.17, 15) is 0 Å². The second kappa shape index (κ2) is 6.58. The fourth-order valence-corrected chi connectivity index (χ4v) is 1.84. The van der Waals surface area contributed by atoms with Crippen LogP contribution in [0.3, 0.4) is 0 Å². The van der Waals surface area contributed by atoms with Gasteiger partial charge in [-0.3, -0.25) is 4.68 Å². The molecule has 0 radical (unpaired) electrons. The lowest BCUT2D eigenvalue weighted by Crippen LogP contribution is -2.12. The molecule has 0 aliphatic rings. The predicted molar refractivity (Wildman–Crippen MR) is 71.6 cm³/mol. The van der Waals surface area contributed by atoms with Crippen LogP contribution in [0, 0.1) is 5.92 Å². The molecule has 0 aromatic carbocycles. The lowest BCUT2D eigenvalue weighted by molar-refractivity contribution is 0.0217. The molecule has 2 aromatic heterocycles. The fraction of sp³-hybridized carbons (Fsp3) is 0.667. The molecule has 1 atom stereocenters. The Balaban J connectivity index is 2.18. The number of ether oxygens (including phenoxy) is 1. The van der Waals surface area contributed by atoms with Gasteiger partial charge in [0.15, 0.2) is 5.69 Å². The lowest BCUT2D eigenvalue weighted by Gasteiger charge is -2.16. The second-order valence-electron chi connectivity index (χ2n) is 4.73. The summed E-state index contributed by atoms with van der Waals surface area (Å²) >= 11 is 0. The molecule has 0 bridgehead atoms. The van der Waals surface area contributed by atoms with Crippen molar-refractivity contribution in [2.45, 2.75) is 33.4 Å². The zero-order valence-electron chi connectivity index (χ0n) is 12.0. The third-order valence-corrected chi connectivity index (χ3v) is 2.76. The van der Waals surface area contributed by atoms with Gasteiger partial charge in [-0.05, 0) is 12.8 Å². The zero-order valence-corrected chi connectivity index (χ0v) is 12.0. The van der Waals surface area contributed by atoms with Crippen molar-refractivity contribution in [3.8, 4) is 11.6 Å². The highest BCUT2D eigenvalue weighted by atomic mass is 16.5. The number of hydrogen-bond donors (Lipinski definition) is 1. The molecule has 8 nitrogen and oxygen atoms in total. The molecule has 2 aromatic rings. The second-order valence-corrected chi connectivity index (χ2v) is 4.73. The average molecular weight is 280 g/mol. The van der Waals surface area contributed by atoms with E-state index in [1.54, 1.807) is 10.9 Å². The molecular weight excluding hydrogens is 260 g/mol. The highest BCUT2D eigenvalue weighted by Crippen LogP contribution is 2.25. The van der Waals surface area contributed by atoms with Crippen molar-refractivity contribution >= 4 is 0 Å². The molecule has 0 aliphatic heterocycles. The molecular formula is C12H20N6O2. The van der Waals surface area contributed by atoms with Gasteiger partial charge in [-0.2, -0.15) is 4.98 Å². The number of aromatic nitrogens is 5. The molecule has 110 valence electrons. The Morgan fingerprint density at radius 3 is 2.90 bits per heavy atom. The molecule has 20 heavy (non-hydrogen) atoms. The van der Waals surface area contributed by atoms with Crippen LogP contribution in [-0.4, -0.2) is 38.3 Å². The molecule has 0 spiro atoms. The van der Waals surface area contributed by atoms with Crippen LogP contribution in [0.1, 0.15) is 32.7 Å². The summed E-state index contributed by atoms with van der Waals surface area (Å²) in [4.78, 5) is 4.34. The minimum Gasteiger partial charge on any atom is -0.370 e. The fourth-order valence-electron chi connectivity index (χ4n) is 1.84. The van der Waals surface area contributed by atoms with Crippen LogP contribution in [-0.2, 0) is 11.3 Å². The quantitative estimate of drug-likeness (QED) is 0.807. The Hall–Kier alpha value is -1.80. The molecule has 0 saturated carbocycles. The van der Waals surface area contributed by atoms with Gasteiger partial charge in [-0.15, -0.1) is 5.10 Å². The Kier molecular flexibility index (Phi) is 4.80. The van der Waals surface area contributed by atoms with Crippen LogP contribution in [0.5, 0.6) is 0 Å². The summed E-state index contributed by atoms with van der Waals surface area (Å²) in [6, 6.07) is 0. The molecule has 2 heterocycles. The van der Waals surface area contributed by atoms with E-state index < -0.39 is 0 Å². The maximum absolute atomic E-state index is 5.64. The van der Waals surface area contributed by atoms with Crippen LogP contribution in [0.15, 0.2) is 10.7 Å². The third kappa shape index (κ3) is 3.20. The molecule has 1 unspecified atom stereocenters. The lowest BCUT2D eigenvalue weighted by atomic mass is 10.1. The first-order valence-corrected chi connectivity index (χ1v) is 6.71. The first kappa shape index (κ1) is 14.6. The van der Waals surface area contributed by atoms with E-state index in [-0.39, 0.29) is 12.0 Å². The van der Waals surface area contributed by atoms with Gasteiger partial charge in [-0.25, -0.2) is 0 Å². The van der Waals surface area contributed by atoms with Gasteiger partial charge in [0.2, 0.25) is 5.82 Å². The van der Waals surface area contributed by atoms with Crippen molar-refractivity contribution < 1.29 is 9.26 Å². The SMILES string of the molecule is CCOC(c1noc(-c2cn(CCN)nn2)n1)C(C)C. The normalized spacial score (nSPS) is 13.1. The van der Waals surface area contributed by atoms with Crippen molar-refractivity contribution in [3.05, 3.63) is 12.0 Å². The van der Waals surface area contributed by atoms with Crippen LogP contribution in [0.25, 0.3) is 11.6 Å². The van der Waals surface area contributed by atoms with E-state index in [2.05, 4.69) is 20.5 Å². The van der Waals surface area contributed by atoms with E-state index in [1.807, 2.05) is 20.8 Å². The van der Waals surface area contributed by atoms with Gasteiger partial charge in [0.1, 0.15) is 6.10 Å². The standard InChI is InChI=1S/C12H20N6O2/c1-4-19-10(8(2)3)11-14-12(20-16-11)9-7-18(6-5-13)17-15-9/h7-8,10H,4-6,13H2,1-3H3. The number of nitrogens with two attached hydrogens (primary N) is 1. The van der Waals surface area contributed by atoms with Crippen molar-refractivity contribution in [2.24, 2.45) is 11.7 Å². The van der Waals surface area contributed by atoms with Crippen molar-refractivity contribution in [1.82, 2.24) is 25.1 Å². The maximum atomic E-state index is 5.64. The topological polar surface area (TPSA) is 105 Å². The van der Waals surface area contributed by atoms with Gasteiger partial charge in [0, 0.05) is 13.2 Å². The highest BCUT2D eigenvalue weighted by molar-refractivity contribution is 5.43. The third-order valence-electron chi connectivity index (χ3n) is 2.76. The summed E-state index contributed by atoms with van der Waals surface area (Å²) in [5.74, 6) is 1.13. The van der Waals surface area contributed by atoms with Crippen LogP contribution in [0.4, 0.5) is 0 Å². The van der Waals surface area contributed by atoms with Crippen molar-refractivity contribution in [3.63, 3.8) is 0 Å². The van der Waals surface area contributed by atoms with Crippen molar-refractivity contribution in [1.29, 1.82) is 0 Å². The maximum Gasteiger partial charge on any atom is 0.280 e. The molecule has 0 aliphatic carbocycles. The van der Waals surface area contributed by atoms with E-state index in [0.29, 0.717) is 37.1 Å². The van der Waals surface area contributed by atoms with E-state index >= 15 is 0 Å². The molecule has 0 saturated heterocycles. The predicted octanol–water partition coefficient (Wildman–Crippen LogP) is 1.02. The molecule has 8 heteroatoms. The van der Waals surface area contributed by atoms with E-state index in [4.69, 9.17) is 15.0 Å². The summed E-state index contributed by atoms with van der Waals surface area (Å²) in [6.07, 6.45) is 1.55. The number of hydrogen-bond acceptors (Lipinski definition) is 7. The smallest absolute Gasteiger partial charge is 0.280 e. The van der Waals surface area contributed by atoms with E-state index in [0.717, 1.165) is 0 Å². The average Bonchev–Trinajstić information content (AvgIpc) is 3.04. The van der Waals surface area contributed by atoms with Gasteiger partial charge in [0.25, 0.3) is 5.89 Å². The largest absolute Gasteiger partial charge is 0.370 e. The summed E-state index contributed by atoms with van der Waals surface area (Å²) in [5, 5.41) is 11.9. The summed E-state index contributed by atoms with van der Waals surface area (Å²) in [5.41, 5.74) is 6.00. The zero-order chi connectivity index (χ0) is 14.5.